The van der Waals surface area contributed by atoms with Crippen molar-refractivity contribution in [2.75, 3.05) is 18.5 Å². The fourth-order valence-electron chi connectivity index (χ4n) is 2.45. The third kappa shape index (κ3) is 1.60. The highest BCUT2D eigenvalue weighted by atomic mass is 16.5. The molecule has 4 nitrogen and oxygen atoms in total. The van der Waals surface area contributed by atoms with Crippen molar-refractivity contribution in [1.82, 2.24) is 0 Å². The molecule has 0 radical (unpaired) electrons. The number of nitrogens with zero attached hydrogens (tertiary/aromatic N) is 1. The first-order chi connectivity index (χ1) is 7.83. The first kappa shape index (κ1) is 9.51. The van der Waals surface area contributed by atoms with Crippen LogP contribution in [0.2, 0.25) is 0 Å². The topological polar surface area (TPSA) is 59.6 Å². The number of amidine groups is 1. The van der Waals surface area contributed by atoms with Crippen LogP contribution in [0, 0.1) is 0 Å². The molecule has 0 aliphatic carbocycles. The number of benzene rings is 1. The molecule has 2 atom stereocenters. The van der Waals surface area contributed by atoms with Crippen LogP contribution in [0.15, 0.2) is 29.3 Å². The second kappa shape index (κ2) is 3.70. The molecule has 84 valence electrons. The highest BCUT2D eigenvalue weighted by molar-refractivity contribution is 5.73. The molecule has 0 aromatic heterocycles. The SMILES string of the molecule is NC1=N[C@H](CC2CNc3ccccc32)CO1. The molecule has 16 heavy (non-hydrogen) atoms. The molecule has 2 aliphatic heterocycles. The number of hydrogen-bond acceptors (Lipinski definition) is 4. The Labute approximate surface area is 94.5 Å². The first-order valence-corrected chi connectivity index (χ1v) is 5.62. The van der Waals surface area contributed by atoms with Crippen LogP contribution < -0.4 is 11.1 Å². The number of hydrogen-bond donors (Lipinski definition) is 2. The molecule has 3 N–H and O–H groups in total. The Kier molecular flexibility index (Phi) is 2.20. The van der Waals surface area contributed by atoms with Gasteiger partial charge in [0.05, 0.1) is 6.04 Å². The van der Waals surface area contributed by atoms with E-state index in [-0.39, 0.29) is 6.04 Å². The maximum absolute atomic E-state index is 5.51. The van der Waals surface area contributed by atoms with Gasteiger partial charge in [-0.25, -0.2) is 4.99 Å². The fraction of sp³-hybridized carbons (Fsp3) is 0.417. The van der Waals surface area contributed by atoms with Gasteiger partial charge in [0.15, 0.2) is 0 Å². The van der Waals surface area contributed by atoms with Gasteiger partial charge in [-0.3, -0.25) is 0 Å². The third-order valence-corrected chi connectivity index (χ3v) is 3.23. The van der Waals surface area contributed by atoms with Crippen molar-refractivity contribution in [3.8, 4) is 0 Å². The van der Waals surface area contributed by atoms with Crippen molar-refractivity contribution < 1.29 is 4.74 Å². The number of para-hydroxylation sites is 1. The van der Waals surface area contributed by atoms with Crippen molar-refractivity contribution in [3.05, 3.63) is 29.8 Å². The number of rotatable bonds is 2. The predicted molar refractivity (Wildman–Crippen MR) is 63.7 cm³/mol. The zero-order chi connectivity index (χ0) is 11.0. The largest absolute Gasteiger partial charge is 0.463 e. The van der Waals surface area contributed by atoms with Crippen molar-refractivity contribution >= 4 is 11.7 Å². The molecule has 4 heteroatoms. The molecule has 2 heterocycles. The lowest BCUT2D eigenvalue weighted by atomic mass is 9.94. The smallest absolute Gasteiger partial charge is 0.282 e. The Hall–Kier alpha value is -1.71. The highest BCUT2D eigenvalue weighted by Crippen LogP contribution is 2.34. The molecule has 0 saturated heterocycles. The average Bonchev–Trinajstić information content (AvgIpc) is 2.87. The van der Waals surface area contributed by atoms with Crippen LogP contribution in [-0.4, -0.2) is 25.2 Å². The summed E-state index contributed by atoms with van der Waals surface area (Å²) in [5.41, 5.74) is 8.15. The normalized spacial score (nSPS) is 26.9. The lowest BCUT2D eigenvalue weighted by Gasteiger charge is -2.12. The monoisotopic (exact) mass is 217 g/mol. The Bertz CT molecular complexity index is 430. The van der Waals surface area contributed by atoms with E-state index in [4.69, 9.17) is 10.5 Å². The van der Waals surface area contributed by atoms with E-state index in [9.17, 15) is 0 Å². The Morgan fingerprint density at radius 3 is 3.12 bits per heavy atom. The fourth-order valence-corrected chi connectivity index (χ4v) is 2.45. The minimum atomic E-state index is 0.220. The summed E-state index contributed by atoms with van der Waals surface area (Å²) in [7, 11) is 0. The van der Waals surface area contributed by atoms with Crippen LogP contribution in [-0.2, 0) is 4.74 Å². The van der Waals surface area contributed by atoms with Crippen molar-refractivity contribution in [2.24, 2.45) is 10.7 Å². The third-order valence-electron chi connectivity index (χ3n) is 3.23. The summed E-state index contributed by atoms with van der Waals surface area (Å²) < 4.78 is 5.17. The molecule has 2 aliphatic rings. The second-order valence-electron chi connectivity index (χ2n) is 4.33. The molecular weight excluding hydrogens is 202 g/mol. The quantitative estimate of drug-likeness (QED) is 0.785. The number of anilines is 1. The Balaban J connectivity index is 1.74. The van der Waals surface area contributed by atoms with Crippen LogP contribution in [0.5, 0.6) is 0 Å². The van der Waals surface area contributed by atoms with Gasteiger partial charge in [0.25, 0.3) is 6.02 Å². The predicted octanol–water partition coefficient (Wildman–Crippen LogP) is 1.30. The van der Waals surface area contributed by atoms with Crippen LogP contribution >= 0.6 is 0 Å². The molecular formula is C12H15N3O. The first-order valence-electron chi connectivity index (χ1n) is 5.62. The van der Waals surface area contributed by atoms with Gasteiger partial charge in [0, 0.05) is 18.2 Å². The van der Waals surface area contributed by atoms with E-state index in [1.807, 2.05) is 0 Å². The van der Waals surface area contributed by atoms with E-state index in [1.165, 1.54) is 11.3 Å². The molecule has 1 aromatic carbocycles. The van der Waals surface area contributed by atoms with Gasteiger partial charge in [-0.15, -0.1) is 0 Å². The molecule has 1 aromatic rings. The van der Waals surface area contributed by atoms with Crippen LogP contribution in [0.1, 0.15) is 17.9 Å². The zero-order valence-corrected chi connectivity index (χ0v) is 9.02. The van der Waals surface area contributed by atoms with E-state index in [1.54, 1.807) is 0 Å². The molecule has 0 bridgehead atoms. The summed E-state index contributed by atoms with van der Waals surface area (Å²) in [5, 5.41) is 3.41. The van der Waals surface area contributed by atoms with E-state index < -0.39 is 0 Å². The summed E-state index contributed by atoms with van der Waals surface area (Å²) in [5.74, 6) is 0.527. The lowest BCUT2D eigenvalue weighted by molar-refractivity contribution is 0.303. The van der Waals surface area contributed by atoms with Gasteiger partial charge >= 0.3 is 0 Å². The zero-order valence-electron chi connectivity index (χ0n) is 9.02. The van der Waals surface area contributed by atoms with Gasteiger partial charge in [-0.05, 0) is 18.1 Å². The van der Waals surface area contributed by atoms with Gasteiger partial charge in [0.2, 0.25) is 0 Å². The standard InChI is InChI=1S/C12H15N3O/c13-12-15-9(7-16-12)5-8-6-14-11-4-2-1-3-10(8)11/h1-4,8-9,14H,5-7H2,(H2,13,15)/t8?,9-/m1/s1. The van der Waals surface area contributed by atoms with Crippen molar-refractivity contribution in [3.63, 3.8) is 0 Å². The maximum atomic E-state index is 5.51. The maximum Gasteiger partial charge on any atom is 0.282 e. The minimum Gasteiger partial charge on any atom is -0.463 e. The van der Waals surface area contributed by atoms with Crippen molar-refractivity contribution in [1.29, 1.82) is 0 Å². The lowest BCUT2D eigenvalue weighted by Crippen LogP contribution is -2.13. The number of nitrogens with two attached hydrogens (primary N) is 1. The number of aliphatic imine (C=N–C) groups is 1. The van der Waals surface area contributed by atoms with Crippen molar-refractivity contribution in [2.45, 2.75) is 18.4 Å². The van der Waals surface area contributed by atoms with Gasteiger partial charge in [0.1, 0.15) is 6.61 Å². The Morgan fingerprint density at radius 2 is 2.31 bits per heavy atom. The molecule has 3 rings (SSSR count). The van der Waals surface area contributed by atoms with Gasteiger partial charge in [-0.1, -0.05) is 18.2 Å². The molecule has 0 fully saturated rings. The summed E-state index contributed by atoms with van der Waals surface area (Å²) in [6.07, 6.45) is 1.00. The number of nitrogens with one attached hydrogen (secondary N) is 1. The van der Waals surface area contributed by atoms with Crippen LogP contribution in [0.4, 0.5) is 5.69 Å². The molecule has 0 amide bonds. The van der Waals surface area contributed by atoms with Crippen LogP contribution in [0.25, 0.3) is 0 Å². The molecule has 0 spiro atoms. The van der Waals surface area contributed by atoms with Gasteiger partial charge < -0.3 is 15.8 Å². The number of fused-ring (bicyclic) bond motifs is 1. The van der Waals surface area contributed by atoms with E-state index >= 15 is 0 Å². The minimum absolute atomic E-state index is 0.220. The summed E-state index contributed by atoms with van der Waals surface area (Å²) in [4.78, 5) is 4.27. The highest BCUT2D eigenvalue weighted by Gasteiger charge is 2.27. The average molecular weight is 217 g/mol. The van der Waals surface area contributed by atoms with E-state index in [0.717, 1.165) is 13.0 Å². The number of ether oxygens (including phenoxy) is 1. The van der Waals surface area contributed by atoms with Crippen LogP contribution in [0.3, 0.4) is 0 Å². The summed E-state index contributed by atoms with van der Waals surface area (Å²) in [6.45, 7) is 1.62. The van der Waals surface area contributed by atoms with E-state index in [0.29, 0.717) is 18.5 Å². The molecule has 1 unspecified atom stereocenters. The summed E-state index contributed by atoms with van der Waals surface area (Å²) in [6, 6.07) is 9.01. The Morgan fingerprint density at radius 1 is 1.44 bits per heavy atom. The summed E-state index contributed by atoms with van der Waals surface area (Å²) >= 11 is 0. The van der Waals surface area contributed by atoms with E-state index in [2.05, 4.69) is 34.6 Å². The second-order valence-corrected chi connectivity index (χ2v) is 4.33. The van der Waals surface area contributed by atoms with Gasteiger partial charge in [-0.2, -0.15) is 0 Å². The molecule has 0 saturated carbocycles.